The summed E-state index contributed by atoms with van der Waals surface area (Å²) in [5, 5.41) is 0. The monoisotopic (exact) mass is 457 g/mol. The fourth-order valence-electron chi connectivity index (χ4n) is 3.60. The third-order valence-electron chi connectivity index (χ3n) is 5.61. The van der Waals surface area contributed by atoms with E-state index in [1.54, 1.807) is 34.6 Å². The van der Waals surface area contributed by atoms with Gasteiger partial charge in [0.1, 0.15) is 0 Å². The number of carbonyl (C=O) groups excluding carboxylic acids is 1. The van der Waals surface area contributed by atoms with Gasteiger partial charge in [0.25, 0.3) is 0 Å². The van der Waals surface area contributed by atoms with Crippen molar-refractivity contribution in [2.45, 2.75) is 11.3 Å². The summed E-state index contributed by atoms with van der Waals surface area (Å²) in [7, 11) is 1.77. The van der Waals surface area contributed by atoms with Gasteiger partial charge in [0.15, 0.2) is 0 Å². The molecule has 0 atom stereocenters. The van der Waals surface area contributed by atoms with Gasteiger partial charge in [-0.3, -0.25) is 0 Å². The predicted molar refractivity (Wildman–Crippen MR) is 127 cm³/mol. The summed E-state index contributed by atoms with van der Waals surface area (Å²) in [4.78, 5) is 15.9. The van der Waals surface area contributed by atoms with E-state index in [1.165, 1.54) is 24.4 Å². The number of piperazine rings is 1. The number of hydrogen-bond acceptors (Lipinski definition) is 6. The summed E-state index contributed by atoms with van der Waals surface area (Å²) < 4.78 is 32.3. The van der Waals surface area contributed by atoms with Gasteiger partial charge in [-0.15, -0.1) is 0 Å². The Kier molecular flexibility index (Phi) is 8.06. The van der Waals surface area contributed by atoms with E-state index >= 15 is 0 Å². The molecule has 1 aliphatic heterocycles. The van der Waals surface area contributed by atoms with E-state index in [0.717, 1.165) is 13.0 Å². The van der Waals surface area contributed by atoms with Crippen LogP contribution in [-0.2, 0) is 26.0 Å². The van der Waals surface area contributed by atoms with E-state index in [1.807, 2.05) is 14.1 Å². The highest BCUT2D eigenvalue weighted by Gasteiger charge is 2.28. The number of sulfonamides is 1. The zero-order chi connectivity index (χ0) is 23.1. The normalized spacial score (nSPS) is 15.7. The molecule has 0 saturated carbocycles. The van der Waals surface area contributed by atoms with E-state index in [-0.39, 0.29) is 4.90 Å². The standard InChI is InChI=1S/C24H31N3O4S/c1-25(2)22-10-7-20(8-11-22)13-14-26-15-17-27(18-16-26)32(29,30)23-6-4-5-21(19-23)9-12-24(28)31-3/h4-12,19H,13-18H2,1-3H3/b12-9+. The minimum Gasteiger partial charge on any atom is -0.466 e. The van der Waals surface area contributed by atoms with Crippen molar-refractivity contribution < 1.29 is 17.9 Å². The van der Waals surface area contributed by atoms with Gasteiger partial charge in [0, 0.05) is 58.6 Å². The van der Waals surface area contributed by atoms with Crippen LogP contribution in [0.25, 0.3) is 6.08 Å². The molecule has 8 heteroatoms. The lowest BCUT2D eigenvalue weighted by Crippen LogP contribution is -2.49. The van der Waals surface area contributed by atoms with Crippen LogP contribution in [0.5, 0.6) is 0 Å². The molecule has 1 fully saturated rings. The molecule has 0 radical (unpaired) electrons. The number of carbonyl (C=O) groups is 1. The van der Waals surface area contributed by atoms with Crippen LogP contribution in [0.1, 0.15) is 11.1 Å². The number of hydrogen-bond donors (Lipinski definition) is 0. The van der Waals surface area contributed by atoms with E-state index in [0.29, 0.717) is 31.7 Å². The fraction of sp³-hybridized carbons (Fsp3) is 0.375. The average Bonchev–Trinajstić information content (AvgIpc) is 2.82. The number of anilines is 1. The Balaban J connectivity index is 1.56. The first-order valence-corrected chi connectivity index (χ1v) is 12.1. The third kappa shape index (κ3) is 6.18. The number of ether oxygens (including phenoxy) is 1. The molecule has 172 valence electrons. The van der Waals surface area contributed by atoms with Crippen molar-refractivity contribution in [3.05, 3.63) is 65.7 Å². The van der Waals surface area contributed by atoms with Gasteiger partial charge in [-0.25, -0.2) is 13.2 Å². The first-order valence-electron chi connectivity index (χ1n) is 10.6. The third-order valence-corrected chi connectivity index (χ3v) is 7.50. The van der Waals surface area contributed by atoms with Crippen LogP contribution in [0, 0.1) is 0 Å². The van der Waals surface area contributed by atoms with Crippen molar-refractivity contribution in [1.82, 2.24) is 9.21 Å². The van der Waals surface area contributed by atoms with Crippen molar-refractivity contribution in [2.75, 3.05) is 58.8 Å². The minimum atomic E-state index is -3.58. The number of benzene rings is 2. The molecule has 0 amide bonds. The molecule has 0 N–H and O–H groups in total. The summed E-state index contributed by atoms with van der Waals surface area (Å²) in [6.07, 6.45) is 3.77. The van der Waals surface area contributed by atoms with Crippen molar-refractivity contribution in [2.24, 2.45) is 0 Å². The second-order valence-electron chi connectivity index (χ2n) is 7.99. The van der Waals surface area contributed by atoms with Crippen molar-refractivity contribution in [3.8, 4) is 0 Å². The van der Waals surface area contributed by atoms with Crippen LogP contribution in [0.2, 0.25) is 0 Å². The van der Waals surface area contributed by atoms with Crippen LogP contribution in [0.15, 0.2) is 59.5 Å². The largest absolute Gasteiger partial charge is 0.466 e. The zero-order valence-corrected chi connectivity index (χ0v) is 19.7. The number of esters is 1. The molecule has 1 heterocycles. The van der Waals surface area contributed by atoms with Gasteiger partial charge in [0.05, 0.1) is 12.0 Å². The Morgan fingerprint density at radius 2 is 1.75 bits per heavy atom. The molecule has 32 heavy (non-hydrogen) atoms. The maximum Gasteiger partial charge on any atom is 0.330 e. The highest BCUT2D eigenvalue weighted by molar-refractivity contribution is 7.89. The molecule has 7 nitrogen and oxygen atoms in total. The quantitative estimate of drug-likeness (QED) is 0.448. The summed E-state index contributed by atoms with van der Waals surface area (Å²) in [6.45, 7) is 3.24. The molecule has 0 unspecified atom stereocenters. The molecule has 2 aromatic carbocycles. The molecule has 2 aromatic rings. The summed E-state index contributed by atoms with van der Waals surface area (Å²) in [5.74, 6) is -0.483. The van der Waals surface area contributed by atoms with Crippen molar-refractivity contribution in [1.29, 1.82) is 0 Å². The Labute approximate surface area is 190 Å². The average molecular weight is 458 g/mol. The summed E-state index contributed by atoms with van der Waals surface area (Å²) in [5.41, 5.74) is 3.09. The molecule has 1 saturated heterocycles. The fourth-order valence-corrected chi connectivity index (χ4v) is 5.08. The molecule has 3 rings (SSSR count). The van der Waals surface area contributed by atoms with Gasteiger partial charge < -0.3 is 14.5 Å². The highest BCUT2D eigenvalue weighted by Crippen LogP contribution is 2.20. The van der Waals surface area contributed by atoms with Gasteiger partial charge in [-0.2, -0.15) is 4.31 Å². The van der Waals surface area contributed by atoms with Crippen LogP contribution in [0.4, 0.5) is 5.69 Å². The topological polar surface area (TPSA) is 70.2 Å². The Morgan fingerprint density at radius 1 is 1.06 bits per heavy atom. The minimum absolute atomic E-state index is 0.235. The number of methoxy groups -OCH3 is 1. The van der Waals surface area contributed by atoms with E-state index in [9.17, 15) is 13.2 Å². The number of rotatable bonds is 8. The molecule has 0 spiro atoms. The van der Waals surface area contributed by atoms with Gasteiger partial charge in [-0.05, 0) is 47.9 Å². The zero-order valence-electron chi connectivity index (χ0n) is 18.9. The lowest BCUT2D eigenvalue weighted by Gasteiger charge is -2.34. The SMILES string of the molecule is COC(=O)/C=C/c1cccc(S(=O)(=O)N2CCN(CCc3ccc(N(C)C)cc3)CC2)c1. The molecule has 0 bridgehead atoms. The van der Waals surface area contributed by atoms with Gasteiger partial charge >= 0.3 is 5.97 Å². The number of nitrogens with zero attached hydrogens (tertiary/aromatic N) is 3. The second kappa shape index (κ2) is 10.8. The van der Waals surface area contributed by atoms with Crippen LogP contribution >= 0.6 is 0 Å². The van der Waals surface area contributed by atoms with Crippen molar-refractivity contribution >= 4 is 27.8 Å². The second-order valence-corrected chi connectivity index (χ2v) is 9.92. The van der Waals surface area contributed by atoms with E-state index < -0.39 is 16.0 Å². The van der Waals surface area contributed by atoms with Crippen LogP contribution in [-0.4, -0.2) is 77.5 Å². The van der Waals surface area contributed by atoms with Gasteiger partial charge in [-0.1, -0.05) is 24.3 Å². The van der Waals surface area contributed by atoms with Crippen molar-refractivity contribution in [3.63, 3.8) is 0 Å². The molecular weight excluding hydrogens is 426 g/mol. The van der Waals surface area contributed by atoms with E-state index in [2.05, 4.69) is 38.8 Å². The first kappa shape index (κ1) is 24.0. The van der Waals surface area contributed by atoms with E-state index in [4.69, 9.17) is 0 Å². The maximum absolute atomic E-state index is 13.1. The lowest BCUT2D eigenvalue weighted by molar-refractivity contribution is -0.134. The lowest BCUT2D eigenvalue weighted by atomic mass is 10.1. The smallest absolute Gasteiger partial charge is 0.330 e. The summed E-state index contributed by atoms with van der Waals surface area (Å²) in [6, 6.07) is 15.1. The molecular formula is C24H31N3O4S. The Morgan fingerprint density at radius 3 is 2.38 bits per heavy atom. The molecule has 1 aliphatic rings. The summed E-state index contributed by atoms with van der Waals surface area (Å²) >= 11 is 0. The van der Waals surface area contributed by atoms with Crippen LogP contribution < -0.4 is 4.90 Å². The maximum atomic E-state index is 13.1. The Bertz CT molecular complexity index is 1040. The molecule has 0 aliphatic carbocycles. The van der Waals surface area contributed by atoms with Crippen LogP contribution in [0.3, 0.4) is 0 Å². The first-order chi connectivity index (χ1) is 15.3. The predicted octanol–water partition coefficient (Wildman–Crippen LogP) is 2.49. The highest BCUT2D eigenvalue weighted by atomic mass is 32.2. The van der Waals surface area contributed by atoms with Gasteiger partial charge in [0.2, 0.25) is 10.0 Å². The Hall–Kier alpha value is -2.68. The molecule has 0 aromatic heterocycles.